The van der Waals surface area contributed by atoms with Gasteiger partial charge in [-0.2, -0.15) is 0 Å². The van der Waals surface area contributed by atoms with Gasteiger partial charge >= 0.3 is 5.97 Å². The number of hydrogen-bond acceptors (Lipinski definition) is 4. The number of thiocarbonyl (C=S) groups is 1. The van der Waals surface area contributed by atoms with Gasteiger partial charge in [-0.3, -0.25) is 0 Å². The zero-order chi connectivity index (χ0) is 20.8. The molecule has 0 saturated carbocycles. The Bertz CT molecular complexity index is 845. The molecule has 0 amide bonds. The molecule has 6 heteroatoms. The van der Waals surface area contributed by atoms with Gasteiger partial charge in [-0.25, -0.2) is 4.79 Å². The summed E-state index contributed by atoms with van der Waals surface area (Å²) in [6, 6.07) is 15.9. The monoisotopic (exact) mass is 411 g/mol. The van der Waals surface area contributed by atoms with Gasteiger partial charge in [-0.15, -0.1) is 0 Å². The number of benzene rings is 2. The van der Waals surface area contributed by atoms with Crippen molar-refractivity contribution in [3.05, 3.63) is 59.7 Å². The molecule has 1 unspecified atom stereocenters. The first-order valence-electron chi connectivity index (χ1n) is 10.1. The highest BCUT2D eigenvalue weighted by molar-refractivity contribution is 7.80. The van der Waals surface area contributed by atoms with Gasteiger partial charge in [-0.1, -0.05) is 25.1 Å². The minimum atomic E-state index is -0.371. The minimum Gasteiger partial charge on any atom is -0.465 e. The van der Waals surface area contributed by atoms with E-state index in [2.05, 4.69) is 53.6 Å². The average molecular weight is 412 g/mol. The largest absolute Gasteiger partial charge is 0.465 e. The van der Waals surface area contributed by atoms with Crippen molar-refractivity contribution < 1.29 is 9.53 Å². The number of anilines is 2. The Morgan fingerprint density at radius 1 is 1.17 bits per heavy atom. The van der Waals surface area contributed by atoms with Crippen LogP contribution >= 0.6 is 12.2 Å². The molecule has 1 aliphatic heterocycles. The van der Waals surface area contributed by atoms with Crippen LogP contribution in [0.15, 0.2) is 48.5 Å². The van der Waals surface area contributed by atoms with Crippen LogP contribution in [-0.4, -0.2) is 31.3 Å². The second kappa shape index (κ2) is 9.74. The molecule has 2 aromatic rings. The number of ether oxygens (including phenoxy) is 1. The second-order valence-corrected chi connectivity index (χ2v) is 8.06. The van der Waals surface area contributed by atoms with Crippen molar-refractivity contribution in [2.75, 3.05) is 30.4 Å². The maximum atomic E-state index is 11.7. The quantitative estimate of drug-likeness (QED) is 0.547. The first-order chi connectivity index (χ1) is 14.0. The molecule has 154 valence electrons. The molecule has 1 heterocycles. The predicted octanol–water partition coefficient (Wildman–Crippen LogP) is 4.76. The molecule has 1 saturated heterocycles. The van der Waals surface area contributed by atoms with Gasteiger partial charge in [0.2, 0.25) is 0 Å². The molecule has 0 aliphatic carbocycles. The highest BCUT2D eigenvalue weighted by Crippen LogP contribution is 2.24. The van der Waals surface area contributed by atoms with Crippen molar-refractivity contribution in [1.29, 1.82) is 0 Å². The van der Waals surface area contributed by atoms with Gasteiger partial charge in [0.1, 0.15) is 0 Å². The summed E-state index contributed by atoms with van der Waals surface area (Å²) in [4.78, 5) is 14.1. The van der Waals surface area contributed by atoms with E-state index in [4.69, 9.17) is 17.0 Å². The molecule has 2 aromatic carbocycles. The number of methoxy groups -OCH3 is 1. The maximum Gasteiger partial charge on any atom is 0.337 e. The molecule has 5 nitrogen and oxygen atoms in total. The standard InChI is InChI=1S/C23H29N3O2S/c1-16-11-13-26(14-12-16)21-9-7-18(8-10-21)17(2)24-23(29)25-20-6-4-5-19(15-20)22(27)28-3/h4-10,15-17H,11-14H2,1-3H3,(H2,24,25,29). The molecule has 0 radical (unpaired) electrons. The third kappa shape index (κ3) is 5.70. The second-order valence-electron chi connectivity index (χ2n) is 7.65. The molecule has 0 spiro atoms. The van der Waals surface area contributed by atoms with Crippen molar-refractivity contribution >= 4 is 34.7 Å². The Balaban J connectivity index is 1.56. The summed E-state index contributed by atoms with van der Waals surface area (Å²) < 4.78 is 4.76. The van der Waals surface area contributed by atoms with E-state index in [1.807, 2.05) is 6.07 Å². The molecule has 1 aliphatic rings. The summed E-state index contributed by atoms with van der Waals surface area (Å²) >= 11 is 5.44. The summed E-state index contributed by atoms with van der Waals surface area (Å²) in [5.74, 6) is 0.459. The number of nitrogens with zero attached hydrogens (tertiary/aromatic N) is 1. The molecule has 3 rings (SSSR count). The molecular weight excluding hydrogens is 382 g/mol. The van der Waals surface area contributed by atoms with Gasteiger partial charge < -0.3 is 20.3 Å². The van der Waals surface area contributed by atoms with Crippen molar-refractivity contribution in [3.63, 3.8) is 0 Å². The van der Waals surface area contributed by atoms with E-state index in [-0.39, 0.29) is 12.0 Å². The van der Waals surface area contributed by atoms with E-state index < -0.39 is 0 Å². The maximum absolute atomic E-state index is 11.7. The van der Waals surface area contributed by atoms with Gasteiger partial charge in [0.05, 0.1) is 18.7 Å². The highest BCUT2D eigenvalue weighted by Gasteiger charge is 2.16. The Labute approximate surface area is 178 Å². The van der Waals surface area contributed by atoms with Crippen LogP contribution in [0.4, 0.5) is 11.4 Å². The Hall–Kier alpha value is -2.60. The molecular formula is C23H29N3O2S. The topological polar surface area (TPSA) is 53.6 Å². The van der Waals surface area contributed by atoms with E-state index >= 15 is 0 Å². The average Bonchev–Trinajstić information content (AvgIpc) is 2.74. The fourth-order valence-electron chi connectivity index (χ4n) is 3.53. The van der Waals surface area contributed by atoms with Gasteiger partial charge in [0.15, 0.2) is 5.11 Å². The first-order valence-corrected chi connectivity index (χ1v) is 10.5. The van der Waals surface area contributed by atoms with E-state index in [1.165, 1.54) is 31.2 Å². The molecule has 1 fully saturated rings. The van der Waals surface area contributed by atoms with Crippen LogP contribution in [0.3, 0.4) is 0 Å². The van der Waals surface area contributed by atoms with Gasteiger partial charge in [-0.05, 0) is 73.8 Å². The predicted molar refractivity (Wildman–Crippen MR) is 123 cm³/mol. The molecule has 0 bridgehead atoms. The fourth-order valence-corrected chi connectivity index (χ4v) is 3.82. The fraction of sp³-hybridized carbons (Fsp3) is 0.391. The lowest BCUT2D eigenvalue weighted by molar-refractivity contribution is 0.0601. The SMILES string of the molecule is COC(=O)c1cccc(NC(=S)NC(C)c2ccc(N3CCC(C)CC3)cc2)c1. The third-order valence-corrected chi connectivity index (χ3v) is 5.65. The summed E-state index contributed by atoms with van der Waals surface area (Å²) in [6.07, 6.45) is 2.52. The first kappa shape index (κ1) is 21.1. The van der Waals surface area contributed by atoms with Crippen LogP contribution in [0.25, 0.3) is 0 Å². The van der Waals surface area contributed by atoms with E-state index in [9.17, 15) is 4.79 Å². The lowest BCUT2D eigenvalue weighted by Crippen LogP contribution is -2.33. The molecule has 1 atom stereocenters. The highest BCUT2D eigenvalue weighted by atomic mass is 32.1. The van der Waals surface area contributed by atoms with E-state index in [0.717, 1.165) is 24.7 Å². The number of rotatable bonds is 5. The number of piperidine rings is 1. The number of hydrogen-bond donors (Lipinski definition) is 2. The van der Waals surface area contributed by atoms with E-state index in [1.54, 1.807) is 18.2 Å². The van der Waals surface area contributed by atoms with Crippen LogP contribution in [0.5, 0.6) is 0 Å². The summed E-state index contributed by atoms with van der Waals surface area (Å²) in [6.45, 7) is 6.67. The lowest BCUT2D eigenvalue weighted by atomic mass is 9.98. The van der Waals surface area contributed by atoms with Crippen LogP contribution in [0, 0.1) is 5.92 Å². The third-order valence-electron chi connectivity index (χ3n) is 5.43. The van der Waals surface area contributed by atoms with Crippen molar-refractivity contribution in [3.8, 4) is 0 Å². The van der Waals surface area contributed by atoms with E-state index in [0.29, 0.717) is 10.7 Å². The smallest absolute Gasteiger partial charge is 0.337 e. The molecule has 29 heavy (non-hydrogen) atoms. The van der Waals surface area contributed by atoms with Crippen LogP contribution in [0.2, 0.25) is 0 Å². The Kier molecular flexibility index (Phi) is 7.09. The van der Waals surface area contributed by atoms with Gasteiger partial charge in [0.25, 0.3) is 0 Å². The van der Waals surface area contributed by atoms with Crippen LogP contribution < -0.4 is 15.5 Å². The molecule has 2 N–H and O–H groups in total. The minimum absolute atomic E-state index is 0.0641. The summed E-state index contributed by atoms with van der Waals surface area (Å²) in [5.41, 5.74) is 3.68. The molecule has 0 aromatic heterocycles. The van der Waals surface area contributed by atoms with Gasteiger partial charge in [0, 0.05) is 24.5 Å². The number of nitrogens with one attached hydrogen (secondary N) is 2. The summed E-state index contributed by atoms with van der Waals surface area (Å²) in [5, 5.41) is 6.94. The van der Waals surface area contributed by atoms with Crippen molar-refractivity contribution in [2.24, 2.45) is 5.92 Å². The normalized spacial score (nSPS) is 15.5. The number of carbonyl (C=O) groups excluding carboxylic acids is 1. The van der Waals surface area contributed by atoms with Crippen molar-refractivity contribution in [2.45, 2.75) is 32.7 Å². The Morgan fingerprint density at radius 2 is 1.86 bits per heavy atom. The zero-order valence-electron chi connectivity index (χ0n) is 17.3. The Morgan fingerprint density at radius 3 is 2.52 bits per heavy atom. The van der Waals surface area contributed by atoms with Crippen LogP contribution in [-0.2, 0) is 4.74 Å². The lowest BCUT2D eigenvalue weighted by Gasteiger charge is -2.32. The number of esters is 1. The van der Waals surface area contributed by atoms with Crippen molar-refractivity contribution in [1.82, 2.24) is 5.32 Å². The number of carbonyl (C=O) groups is 1. The summed E-state index contributed by atoms with van der Waals surface area (Å²) in [7, 11) is 1.37. The van der Waals surface area contributed by atoms with Crippen LogP contribution in [0.1, 0.15) is 48.7 Å². The zero-order valence-corrected chi connectivity index (χ0v) is 18.1.